The standard InChI is InChI=1S/C12H18O3/c1-10(13)5-4-8-15-12-7-3-6-11(9-12)14-2/h3,6-7,9-10,13H,4-5,8H2,1-2H3. The lowest BCUT2D eigenvalue weighted by molar-refractivity contribution is 0.170. The second kappa shape index (κ2) is 6.30. The van der Waals surface area contributed by atoms with Crippen LogP contribution in [-0.4, -0.2) is 24.9 Å². The molecule has 1 atom stereocenters. The Balaban J connectivity index is 2.30. The highest BCUT2D eigenvalue weighted by molar-refractivity contribution is 5.32. The fourth-order valence-electron chi connectivity index (χ4n) is 1.26. The second-order valence-electron chi connectivity index (χ2n) is 3.52. The van der Waals surface area contributed by atoms with Gasteiger partial charge in [0.1, 0.15) is 11.5 Å². The first-order chi connectivity index (χ1) is 7.22. The van der Waals surface area contributed by atoms with Crippen LogP contribution < -0.4 is 9.47 Å². The Morgan fingerprint density at radius 1 is 1.33 bits per heavy atom. The fraction of sp³-hybridized carbons (Fsp3) is 0.500. The highest BCUT2D eigenvalue weighted by atomic mass is 16.5. The van der Waals surface area contributed by atoms with Crippen LogP contribution in [0.25, 0.3) is 0 Å². The maximum absolute atomic E-state index is 9.06. The smallest absolute Gasteiger partial charge is 0.122 e. The molecule has 3 nitrogen and oxygen atoms in total. The first kappa shape index (κ1) is 11.9. The van der Waals surface area contributed by atoms with Gasteiger partial charge in [-0.05, 0) is 31.9 Å². The van der Waals surface area contributed by atoms with Gasteiger partial charge in [-0.1, -0.05) is 6.07 Å². The van der Waals surface area contributed by atoms with Crippen molar-refractivity contribution in [3.8, 4) is 11.5 Å². The van der Waals surface area contributed by atoms with E-state index in [2.05, 4.69) is 0 Å². The van der Waals surface area contributed by atoms with Crippen molar-refractivity contribution in [1.82, 2.24) is 0 Å². The Morgan fingerprint density at radius 2 is 2.07 bits per heavy atom. The predicted octanol–water partition coefficient (Wildman–Crippen LogP) is 2.24. The quantitative estimate of drug-likeness (QED) is 0.732. The SMILES string of the molecule is COc1cccc(OCCCC(C)O)c1. The average molecular weight is 210 g/mol. The third kappa shape index (κ3) is 4.70. The lowest BCUT2D eigenvalue weighted by Crippen LogP contribution is -2.04. The molecule has 0 bridgehead atoms. The Labute approximate surface area is 90.6 Å². The second-order valence-corrected chi connectivity index (χ2v) is 3.52. The molecule has 1 aromatic carbocycles. The van der Waals surface area contributed by atoms with Crippen LogP contribution in [0.5, 0.6) is 11.5 Å². The molecule has 0 saturated heterocycles. The number of aliphatic hydroxyl groups is 1. The molecule has 1 unspecified atom stereocenters. The van der Waals surface area contributed by atoms with Gasteiger partial charge in [0.05, 0.1) is 19.8 Å². The Kier molecular flexibility index (Phi) is 4.98. The third-order valence-corrected chi connectivity index (χ3v) is 2.08. The summed E-state index contributed by atoms with van der Waals surface area (Å²) < 4.78 is 10.6. The first-order valence-corrected chi connectivity index (χ1v) is 5.17. The summed E-state index contributed by atoms with van der Waals surface area (Å²) >= 11 is 0. The Bertz CT molecular complexity index is 284. The minimum absolute atomic E-state index is 0.251. The van der Waals surface area contributed by atoms with Gasteiger partial charge in [-0.15, -0.1) is 0 Å². The van der Waals surface area contributed by atoms with Crippen LogP contribution in [0.15, 0.2) is 24.3 Å². The lowest BCUT2D eigenvalue weighted by atomic mass is 10.2. The zero-order valence-corrected chi connectivity index (χ0v) is 9.27. The third-order valence-electron chi connectivity index (χ3n) is 2.08. The van der Waals surface area contributed by atoms with Crippen molar-refractivity contribution in [3.63, 3.8) is 0 Å². The highest BCUT2D eigenvalue weighted by Gasteiger charge is 1.98. The molecule has 0 heterocycles. The Morgan fingerprint density at radius 3 is 2.73 bits per heavy atom. The maximum Gasteiger partial charge on any atom is 0.122 e. The molecule has 15 heavy (non-hydrogen) atoms. The van der Waals surface area contributed by atoms with Crippen LogP contribution in [0.2, 0.25) is 0 Å². The molecule has 0 radical (unpaired) electrons. The molecule has 1 N–H and O–H groups in total. The molecule has 0 saturated carbocycles. The molecule has 1 rings (SSSR count). The zero-order valence-electron chi connectivity index (χ0n) is 9.27. The van der Waals surface area contributed by atoms with Gasteiger partial charge < -0.3 is 14.6 Å². The maximum atomic E-state index is 9.06. The van der Waals surface area contributed by atoms with Crippen LogP contribution in [0, 0.1) is 0 Å². The van der Waals surface area contributed by atoms with Crippen molar-refractivity contribution in [2.45, 2.75) is 25.9 Å². The van der Waals surface area contributed by atoms with Crippen LogP contribution in [0.4, 0.5) is 0 Å². The van der Waals surface area contributed by atoms with Crippen LogP contribution in [-0.2, 0) is 0 Å². The number of aliphatic hydroxyl groups excluding tert-OH is 1. The van der Waals surface area contributed by atoms with Gasteiger partial charge in [0.2, 0.25) is 0 Å². The molecule has 0 fully saturated rings. The van der Waals surface area contributed by atoms with Crippen molar-refractivity contribution >= 4 is 0 Å². The van der Waals surface area contributed by atoms with Crippen molar-refractivity contribution in [3.05, 3.63) is 24.3 Å². The molecule has 84 valence electrons. The van der Waals surface area contributed by atoms with Crippen LogP contribution in [0.3, 0.4) is 0 Å². The summed E-state index contributed by atoms with van der Waals surface area (Å²) in [5.74, 6) is 1.60. The molecular formula is C12H18O3. The molecular weight excluding hydrogens is 192 g/mol. The largest absolute Gasteiger partial charge is 0.497 e. The van der Waals surface area contributed by atoms with E-state index in [-0.39, 0.29) is 6.10 Å². The van der Waals surface area contributed by atoms with Crippen molar-refractivity contribution < 1.29 is 14.6 Å². The van der Waals surface area contributed by atoms with E-state index in [0.717, 1.165) is 24.3 Å². The van der Waals surface area contributed by atoms with Crippen LogP contribution in [0.1, 0.15) is 19.8 Å². The van der Waals surface area contributed by atoms with E-state index < -0.39 is 0 Å². The topological polar surface area (TPSA) is 38.7 Å². The van der Waals surface area contributed by atoms with Gasteiger partial charge in [0.25, 0.3) is 0 Å². The van der Waals surface area contributed by atoms with Gasteiger partial charge in [-0.2, -0.15) is 0 Å². The van der Waals surface area contributed by atoms with E-state index in [4.69, 9.17) is 14.6 Å². The molecule has 0 aromatic heterocycles. The Hall–Kier alpha value is -1.22. The van der Waals surface area contributed by atoms with Gasteiger partial charge in [-0.25, -0.2) is 0 Å². The number of hydrogen-bond donors (Lipinski definition) is 1. The summed E-state index contributed by atoms with van der Waals surface area (Å²) in [6.45, 7) is 2.41. The molecule has 0 aliphatic carbocycles. The van der Waals surface area contributed by atoms with Gasteiger partial charge in [-0.3, -0.25) is 0 Å². The lowest BCUT2D eigenvalue weighted by Gasteiger charge is -2.08. The normalized spacial score (nSPS) is 12.2. The minimum Gasteiger partial charge on any atom is -0.497 e. The van der Waals surface area contributed by atoms with E-state index in [1.165, 1.54) is 0 Å². The van der Waals surface area contributed by atoms with Crippen LogP contribution >= 0.6 is 0 Å². The number of methoxy groups -OCH3 is 1. The zero-order chi connectivity index (χ0) is 11.1. The number of rotatable bonds is 6. The van der Waals surface area contributed by atoms with E-state index in [1.807, 2.05) is 24.3 Å². The summed E-state index contributed by atoms with van der Waals surface area (Å²) in [6, 6.07) is 7.51. The summed E-state index contributed by atoms with van der Waals surface area (Å²) in [7, 11) is 1.63. The molecule has 1 aromatic rings. The van der Waals surface area contributed by atoms with Gasteiger partial charge in [0.15, 0.2) is 0 Å². The molecule has 0 spiro atoms. The number of benzene rings is 1. The van der Waals surface area contributed by atoms with Crippen molar-refractivity contribution in [2.75, 3.05) is 13.7 Å². The van der Waals surface area contributed by atoms with Gasteiger partial charge in [0, 0.05) is 6.07 Å². The van der Waals surface area contributed by atoms with Crippen molar-refractivity contribution in [2.24, 2.45) is 0 Å². The average Bonchev–Trinajstić information content (AvgIpc) is 2.24. The summed E-state index contributed by atoms with van der Waals surface area (Å²) in [5, 5.41) is 9.06. The molecule has 0 amide bonds. The summed E-state index contributed by atoms with van der Waals surface area (Å²) in [5.41, 5.74) is 0. The van der Waals surface area contributed by atoms with E-state index in [9.17, 15) is 0 Å². The number of hydrogen-bond acceptors (Lipinski definition) is 3. The molecule has 0 aliphatic heterocycles. The predicted molar refractivity (Wildman–Crippen MR) is 59.4 cm³/mol. The number of ether oxygens (including phenoxy) is 2. The highest BCUT2D eigenvalue weighted by Crippen LogP contribution is 2.18. The fourth-order valence-corrected chi connectivity index (χ4v) is 1.26. The monoisotopic (exact) mass is 210 g/mol. The summed E-state index contributed by atoms with van der Waals surface area (Å²) in [6.07, 6.45) is 1.37. The van der Waals surface area contributed by atoms with E-state index in [0.29, 0.717) is 6.61 Å². The first-order valence-electron chi connectivity index (χ1n) is 5.17. The van der Waals surface area contributed by atoms with E-state index in [1.54, 1.807) is 14.0 Å². The van der Waals surface area contributed by atoms with Gasteiger partial charge >= 0.3 is 0 Å². The van der Waals surface area contributed by atoms with E-state index >= 15 is 0 Å². The minimum atomic E-state index is -0.251. The summed E-state index contributed by atoms with van der Waals surface area (Å²) in [4.78, 5) is 0. The molecule has 0 aliphatic rings. The van der Waals surface area contributed by atoms with Crippen molar-refractivity contribution in [1.29, 1.82) is 0 Å². The molecule has 3 heteroatoms.